The van der Waals surface area contributed by atoms with Crippen molar-refractivity contribution in [1.82, 2.24) is 9.78 Å². The molecule has 5 heteroatoms. The number of hydrogen-bond donors (Lipinski definition) is 2. The molecule has 0 saturated heterocycles. The number of nitrogens with two attached hydrogens (primary N) is 1. The van der Waals surface area contributed by atoms with Gasteiger partial charge in [-0.3, -0.25) is 4.68 Å². The SMILES string of the molecule is Cc1nn(CC(N)(CO)c2ccccc2)c(C)c1Br. The maximum Gasteiger partial charge on any atom is 0.0842 e. The molecular weight excluding hydrogens is 306 g/mol. The van der Waals surface area contributed by atoms with Crippen molar-refractivity contribution in [2.75, 3.05) is 6.61 Å². The standard InChI is InChI=1S/C14H18BrN3O/c1-10-13(15)11(2)18(17-10)8-14(16,9-19)12-6-4-3-5-7-12/h3-7,19H,8-9,16H2,1-2H3. The second-order valence-electron chi connectivity index (χ2n) is 4.82. The zero-order valence-corrected chi connectivity index (χ0v) is 12.7. The molecule has 4 nitrogen and oxygen atoms in total. The summed E-state index contributed by atoms with van der Waals surface area (Å²) in [6, 6.07) is 9.63. The van der Waals surface area contributed by atoms with Crippen molar-refractivity contribution in [1.29, 1.82) is 0 Å². The fourth-order valence-electron chi connectivity index (χ4n) is 2.10. The molecule has 1 heterocycles. The maximum absolute atomic E-state index is 9.69. The van der Waals surface area contributed by atoms with Gasteiger partial charge in [0.25, 0.3) is 0 Å². The fourth-order valence-corrected chi connectivity index (χ4v) is 2.38. The second kappa shape index (κ2) is 5.45. The first-order chi connectivity index (χ1) is 8.98. The molecule has 0 spiro atoms. The second-order valence-corrected chi connectivity index (χ2v) is 5.62. The molecule has 2 rings (SSSR count). The van der Waals surface area contributed by atoms with Crippen LogP contribution >= 0.6 is 15.9 Å². The summed E-state index contributed by atoms with van der Waals surface area (Å²) in [4.78, 5) is 0. The third kappa shape index (κ3) is 2.73. The molecule has 0 saturated carbocycles. The third-order valence-corrected chi connectivity index (χ3v) is 4.50. The van der Waals surface area contributed by atoms with Crippen LogP contribution in [0.4, 0.5) is 0 Å². The molecule has 1 atom stereocenters. The lowest BCUT2D eigenvalue weighted by Gasteiger charge is -2.28. The Hall–Kier alpha value is -1.17. The van der Waals surface area contributed by atoms with Crippen molar-refractivity contribution in [2.24, 2.45) is 5.73 Å². The molecule has 0 radical (unpaired) electrons. The van der Waals surface area contributed by atoms with Gasteiger partial charge in [-0.25, -0.2) is 0 Å². The summed E-state index contributed by atoms with van der Waals surface area (Å²) < 4.78 is 2.82. The van der Waals surface area contributed by atoms with E-state index >= 15 is 0 Å². The molecule has 1 aromatic carbocycles. The molecular formula is C14H18BrN3O. The topological polar surface area (TPSA) is 64.1 Å². The van der Waals surface area contributed by atoms with Gasteiger partial charge in [-0.05, 0) is 35.3 Å². The molecule has 1 unspecified atom stereocenters. The molecule has 3 N–H and O–H groups in total. The van der Waals surface area contributed by atoms with Gasteiger partial charge in [0.2, 0.25) is 0 Å². The van der Waals surface area contributed by atoms with E-state index in [0.717, 1.165) is 21.4 Å². The number of halogens is 1. The van der Waals surface area contributed by atoms with Crippen LogP contribution in [0.2, 0.25) is 0 Å². The van der Waals surface area contributed by atoms with Crippen LogP contribution < -0.4 is 5.73 Å². The molecule has 19 heavy (non-hydrogen) atoms. The van der Waals surface area contributed by atoms with Crippen molar-refractivity contribution in [3.05, 3.63) is 51.8 Å². The number of hydrogen-bond acceptors (Lipinski definition) is 3. The number of aryl methyl sites for hydroxylation is 1. The highest BCUT2D eigenvalue weighted by molar-refractivity contribution is 9.10. The van der Waals surface area contributed by atoms with Crippen molar-refractivity contribution in [2.45, 2.75) is 25.9 Å². The summed E-state index contributed by atoms with van der Waals surface area (Å²) in [5.74, 6) is 0. The van der Waals surface area contributed by atoms with Crippen LogP contribution in [-0.4, -0.2) is 21.5 Å². The number of benzene rings is 1. The number of rotatable bonds is 4. The monoisotopic (exact) mass is 323 g/mol. The number of aliphatic hydroxyl groups excluding tert-OH is 1. The van der Waals surface area contributed by atoms with E-state index in [1.54, 1.807) is 0 Å². The van der Waals surface area contributed by atoms with Crippen molar-refractivity contribution >= 4 is 15.9 Å². The van der Waals surface area contributed by atoms with E-state index < -0.39 is 5.54 Å². The van der Waals surface area contributed by atoms with E-state index in [9.17, 15) is 5.11 Å². The third-order valence-electron chi connectivity index (χ3n) is 3.36. The number of nitrogens with zero attached hydrogens (tertiary/aromatic N) is 2. The summed E-state index contributed by atoms with van der Waals surface area (Å²) in [5, 5.41) is 14.1. The van der Waals surface area contributed by atoms with Gasteiger partial charge in [-0.1, -0.05) is 30.3 Å². The first-order valence-electron chi connectivity index (χ1n) is 6.13. The largest absolute Gasteiger partial charge is 0.394 e. The molecule has 0 aliphatic heterocycles. The van der Waals surface area contributed by atoms with E-state index in [-0.39, 0.29) is 6.61 Å². The van der Waals surface area contributed by atoms with Crippen LogP contribution in [0.15, 0.2) is 34.8 Å². The zero-order chi connectivity index (χ0) is 14.0. The van der Waals surface area contributed by atoms with E-state index in [0.29, 0.717) is 6.54 Å². The summed E-state index contributed by atoms with van der Waals surface area (Å²) in [6.45, 7) is 4.22. The van der Waals surface area contributed by atoms with Crippen molar-refractivity contribution in [3.8, 4) is 0 Å². The lowest BCUT2D eigenvalue weighted by Crippen LogP contribution is -2.45. The molecule has 0 bridgehead atoms. The quantitative estimate of drug-likeness (QED) is 0.905. The molecule has 0 amide bonds. The lowest BCUT2D eigenvalue weighted by molar-refractivity contribution is 0.173. The van der Waals surface area contributed by atoms with Gasteiger partial charge >= 0.3 is 0 Å². The highest BCUT2D eigenvalue weighted by atomic mass is 79.9. The molecule has 0 fully saturated rings. The van der Waals surface area contributed by atoms with Gasteiger partial charge in [0.1, 0.15) is 0 Å². The number of aromatic nitrogens is 2. The minimum absolute atomic E-state index is 0.132. The van der Waals surface area contributed by atoms with E-state index in [2.05, 4.69) is 21.0 Å². The average molecular weight is 324 g/mol. The molecule has 2 aromatic rings. The van der Waals surface area contributed by atoms with Crippen LogP contribution in [0, 0.1) is 13.8 Å². The van der Waals surface area contributed by atoms with Gasteiger partial charge in [-0.2, -0.15) is 5.10 Å². The zero-order valence-electron chi connectivity index (χ0n) is 11.1. The fraction of sp³-hybridized carbons (Fsp3) is 0.357. The Kier molecular flexibility index (Phi) is 4.08. The first-order valence-corrected chi connectivity index (χ1v) is 6.92. The highest BCUT2D eigenvalue weighted by Crippen LogP contribution is 2.24. The minimum Gasteiger partial charge on any atom is -0.394 e. The molecule has 102 valence electrons. The van der Waals surface area contributed by atoms with Crippen molar-refractivity contribution < 1.29 is 5.11 Å². The van der Waals surface area contributed by atoms with Crippen LogP contribution in [0.1, 0.15) is 17.0 Å². The Morgan fingerprint density at radius 1 is 1.32 bits per heavy atom. The predicted molar refractivity (Wildman–Crippen MR) is 78.8 cm³/mol. The van der Waals surface area contributed by atoms with Crippen LogP contribution in [0.5, 0.6) is 0 Å². The molecule has 0 aliphatic rings. The van der Waals surface area contributed by atoms with E-state index in [1.165, 1.54) is 0 Å². The summed E-state index contributed by atoms with van der Waals surface area (Å²) >= 11 is 3.50. The minimum atomic E-state index is -0.829. The summed E-state index contributed by atoms with van der Waals surface area (Å²) in [5.41, 5.74) is 8.36. The van der Waals surface area contributed by atoms with Gasteiger partial charge in [0.15, 0.2) is 0 Å². The van der Waals surface area contributed by atoms with Crippen molar-refractivity contribution in [3.63, 3.8) is 0 Å². The van der Waals surface area contributed by atoms with Gasteiger partial charge in [0.05, 0.1) is 28.9 Å². The van der Waals surface area contributed by atoms with Gasteiger partial charge in [-0.15, -0.1) is 0 Å². The van der Waals surface area contributed by atoms with Gasteiger partial charge in [0, 0.05) is 5.69 Å². The Bertz CT molecular complexity index is 568. The Morgan fingerprint density at radius 2 is 1.95 bits per heavy atom. The van der Waals surface area contributed by atoms with Crippen LogP contribution in [0.25, 0.3) is 0 Å². The van der Waals surface area contributed by atoms with Crippen LogP contribution in [-0.2, 0) is 12.1 Å². The summed E-state index contributed by atoms with van der Waals surface area (Å²) in [6.07, 6.45) is 0. The number of aliphatic hydroxyl groups is 1. The Balaban J connectivity index is 2.36. The lowest BCUT2D eigenvalue weighted by atomic mass is 9.92. The average Bonchev–Trinajstić information content (AvgIpc) is 2.67. The molecule has 1 aromatic heterocycles. The predicted octanol–water partition coefficient (Wildman–Crippen LogP) is 2.11. The van der Waals surface area contributed by atoms with Gasteiger partial charge < -0.3 is 10.8 Å². The smallest absolute Gasteiger partial charge is 0.0842 e. The summed E-state index contributed by atoms with van der Waals surface area (Å²) in [7, 11) is 0. The van der Waals surface area contributed by atoms with E-state index in [1.807, 2.05) is 48.9 Å². The first kappa shape index (κ1) is 14.2. The normalized spacial score (nSPS) is 14.4. The maximum atomic E-state index is 9.69. The Labute approximate surface area is 121 Å². The highest BCUT2D eigenvalue weighted by Gasteiger charge is 2.28. The van der Waals surface area contributed by atoms with Crippen LogP contribution in [0.3, 0.4) is 0 Å². The Morgan fingerprint density at radius 3 is 2.42 bits per heavy atom. The molecule has 0 aliphatic carbocycles. The van der Waals surface area contributed by atoms with E-state index in [4.69, 9.17) is 5.73 Å².